The molecule has 0 amide bonds. The summed E-state index contributed by atoms with van der Waals surface area (Å²) < 4.78 is 11.7. The van der Waals surface area contributed by atoms with E-state index in [2.05, 4.69) is 72.1 Å². The smallest absolute Gasteiger partial charge is 0.136 e. The SMILES string of the molecule is CCCN(CCC)c1cc(OCCN2CCOCC2)cc(Nc2ccc3[nH]c(C)c(C)c3c2)n1. The van der Waals surface area contributed by atoms with Crippen molar-refractivity contribution >= 4 is 28.2 Å². The average molecular weight is 466 g/mol. The van der Waals surface area contributed by atoms with E-state index < -0.39 is 0 Å². The summed E-state index contributed by atoms with van der Waals surface area (Å²) in [6, 6.07) is 10.5. The summed E-state index contributed by atoms with van der Waals surface area (Å²) in [7, 11) is 0. The topological polar surface area (TPSA) is 65.7 Å². The Hall–Kier alpha value is -2.77. The van der Waals surface area contributed by atoms with Crippen LogP contribution in [-0.4, -0.2) is 67.4 Å². The molecule has 0 radical (unpaired) electrons. The van der Waals surface area contributed by atoms with Gasteiger partial charge >= 0.3 is 0 Å². The van der Waals surface area contributed by atoms with Crippen LogP contribution in [0, 0.1) is 13.8 Å². The van der Waals surface area contributed by atoms with Crippen LogP contribution in [0.1, 0.15) is 37.9 Å². The van der Waals surface area contributed by atoms with Gasteiger partial charge < -0.3 is 24.7 Å². The Balaban J connectivity index is 1.55. The zero-order valence-electron chi connectivity index (χ0n) is 21.1. The van der Waals surface area contributed by atoms with Gasteiger partial charge in [-0.25, -0.2) is 4.98 Å². The summed E-state index contributed by atoms with van der Waals surface area (Å²) >= 11 is 0. The van der Waals surface area contributed by atoms with Crippen molar-refractivity contribution in [2.24, 2.45) is 0 Å². The molecule has 3 heterocycles. The number of nitrogens with zero attached hydrogens (tertiary/aromatic N) is 3. The van der Waals surface area contributed by atoms with E-state index >= 15 is 0 Å². The van der Waals surface area contributed by atoms with Gasteiger partial charge in [0, 0.05) is 67.1 Å². The van der Waals surface area contributed by atoms with Crippen LogP contribution in [0.4, 0.5) is 17.3 Å². The zero-order valence-corrected chi connectivity index (χ0v) is 21.1. The first-order chi connectivity index (χ1) is 16.6. The van der Waals surface area contributed by atoms with Crippen LogP contribution >= 0.6 is 0 Å². The predicted molar refractivity (Wildman–Crippen MR) is 141 cm³/mol. The number of nitrogens with one attached hydrogen (secondary N) is 2. The van der Waals surface area contributed by atoms with Crippen LogP contribution in [0.5, 0.6) is 5.75 Å². The standard InChI is InChI=1S/C27H39N5O2/c1-5-9-32(10-6-2)27-19-23(34-16-13-31-11-14-33-15-12-31)18-26(30-27)29-22-7-8-25-24(17-22)20(3)21(4)28-25/h7-8,17-19,28H,5-6,9-16H2,1-4H3,(H,29,30). The first-order valence-corrected chi connectivity index (χ1v) is 12.6. The number of benzene rings is 1. The maximum absolute atomic E-state index is 6.23. The number of H-pyrrole nitrogens is 1. The van der Waals surface area contributed by atoms with Crippen LogP contribution in [0.3, 0.4) is 0 Å². The fourth-order valence-corrected chi connectivity index (χ4v) is 4.49. The molecule has 184 valence electrons. The summed E-state index contributed by atoms with van der Waals surface area (Å²) in [5, 5.41) is 4.77. The highest BCUT2D eigenvalue weighted by Gasteiger charge is 2.13. The number of aromatic nitrogens is 2. The number of hydrogen-bond acceptors (Lipinski definition) is 6. The van der Waals surface area contributed by atoms with Crippen molar-refractivity contribution in [2.75, 3.05) is 62.8 Å². The number of morpholine rings is 1. The van der Waals surface area contributed by atoms with E-state index in [-0.39, 0.29) is 0 Å². The van der Waals surface area contributed by atoms with Gasteiger partial charge in [-0.15, -0.1) is 0 Å². The lowest BCUT2D eigenvalue weighted by molar-refractivity contribution is 0.0322. The van der Waals surface area contributed by atoms with Crippen molar-refractivity contribution in [1.29, 1.82) is 0 Å². The molecule has 0 saturated carbocycles. The molecule has 1 fully saturated rings. The Morgan fingerprint density at radius 2 is 1.85 bits per heavy atom. The molecule has 1 aliphatic heterocycles. The summed E-state index contributed by atoms with van der Waals surface area (Å²) in [5.41, 5.74) is 4.67. The zero-order chi connectivity index (χ0) is 23.9. The Morgan fingerprint density at radius 3 is 2.59 bits per heavy atom. The maximum Gasteiger partial charge on any atom is 0.136 e. The first kappa shape index (κ1) is 24.4. The lowest BCUT2D eigenvalue weighted by atomic mass is 10.1. The molecule has 3 aromatic rings. The maximum atomic E-state index is 6.23. The Bertz CT molecular complexity index is 1070. The molecule has 0 atom stereocenters. The summed E-state index contributed by atoms with van der Waals surface area (Å²) in [5.74, 6) is 2.62. The number of fused-ring (bicyclic) bond motifs is 1. The second-order valence-electron chi connectivity index (χ2n) is 9.10. The van der Waals surface area contributed by atoms with Gasteiger partial charge in [0.1, 0.15) is 24.0 Å². The quantitative estimate of drug-likeness (QED) is 0.403. The Morgan fingerprint density at radius 1 is 1.09 bits per heavy atom. The summed E-state index contributed by atoms with van der Waals surface area (Å²) in [6.45, 7) is 15.8. The highest BCUT2D eigenvalue weighted by Crippen LogP contribution is 2.29. The molecule has 0 bridgehead atoms. The third kappa shape index (κ3) is 6.02. The number of hydrogen-bond donors (Lipinski definition) is 2. The third-order valence-electron chi connectivity index (χ3n) is 6.46. The van der Waals surface area contributed by atoms with E-state index in [4.69, 9.17) is 14.5 Å². The molecule has 1 aliphatic rings. The second kappa shape index (κ2) is 11.6. The highest BCUT2D eigenvalue weighted by molar-refractivity contribution is 5.88. The van der Waals surface area contributed by atoms with Crippen molar-refractivity contribution < 1.29 is 9.47 Å². The van der Waals surface area contributed by atoms with Crippen LogP contribution in [0.2, 0.25) is 0 Å². The molecule has 34 heavy (non-hydrogen) atoms. The van der Waals surface area contributed by atoms with Crippen molar-refractivity contribution in [3.63, 3.8) is 0 Å². The molecule has 2 aromatic heterocycles. The molecule has 0 spiro atoms. The lowest BCUT2D eigenvalue weighted by Gasteiger charge is -2.27. The average Bonchev–Trinajstić information content (AvgIpc) is 3.12. The second-order valence-corrected chi connectivity index (χ2v) is 9.10. The number of rotatable bonds is 11. The van der Waals surface area contributed by atoms with Gasteiger partial charge in [0.25, 0.3) is 0 Å². The largest absolute Gasteiger partial charge is 0.492 e. The van der Waals surface area contributed by atoms with E-state index in [1.165, 1.54) is 16.6 Å². The molecule has 4 rings (SSSR count). The minimum Gasteiger partial charge on any atom is -0.492 e. The van der Waals surface area contributed by atoms with Crippen LogP contribution in [0.25, 0.3) is 10.9 Å². The van der Waals surface area contributed by atoms with Gasteiger partial charge in [0.2, 0.25) is 0 Å². The molecule has 1 saturated heterocycles. The van der Waals surface area contributed by atoms with Crippen LogP contribution < -0.4 is 15.0 Å². The Labute approximate surface area is 203 Å². The number of aryl methyl sites for hydroxylation is 2. The normalized spacial score (nSPS) is 14.5. The number of ether oxygens (including phenoxy) is 2. The minimum atomic E-state index is 0.651. The van der Waals surface area contributed by atoms with Crippen molar-refractivity contribution in [3.05, 3.63) is 41.6 Å². The van der Waals surface area contributed by atoms with Gasteiger partial charge in [-0.3, -0.25) is 4.90 Å². The third-order valence-corrected chi connectivity index (χ3v) is 6.46. The van der Waals surface area contributed by atoms with E-state index in [1.54, 1.807) is 0 Å². The predicted octanol–water partition coefficient (Wildman–Crippen LogP) is 5.26. The first-order valence-electron chi connectivity index (χ1n) is 12.6. The van der Waals surface area contributed by atoms with E-state index in [0.717, 1.165) is 87.4 Å². The fourth-order valence-electron chi connectivity index (χ4n) is 4.49. The van der Waals surface area contributed by atoms with Gasteiger partial charge in [-0.1, -0.05) is 13.8 Å². The summed E-state index contributed by atoms with van der Waals surface area (Å²) in [4.78, 5) is 13.2. The van der Waals surface area contributed by atoms with Crippen molar-refractivity contribution in [1.82, 2.24) is 14.9 Å². The molecule has 0 aliphatic carbocycles. The fraction of sp³-hybridized carbons (Fsp3) is 0.519. The molecule has 1 aromatic carbocycles. The van der Waals surface area contributed by atoms with E-state index in [0.29, 0.717) is 6.61 Å². The summed E-state index contributed by atoms with van der Waals surface area (Å²) in [6.07, 6.45) is 2.16. The van der Waals surface area contributed by atoms with Gasteiger partial charge in [-0.2, -0.15) is 0 Å². The van der Waals surface area contributed by atoms with E-state index in [9.17, 15) is 0 Å². The molecule has 7 heteroatoms. The number of pyridine rings is 1. The van der Waals surface area contributed by atoms with Crippen LogP contribution in [0.15, 0.2) is 30.3 Å². The van der Waals surface area contributed by atoms with Crippen molar-refractivity contribution in [2.45, 2.75) is 40.5 Å². The van der Waals surface area contributed by atoms with Gasteiger partial charge in [-0.05, 0) is 50.5 Å². The molecular weight excluding hydrogens is 426 g/mol. The van der Waals surface area contributed by atoms with Crippen LogP contribution in [-0.2, 0) is 4.74 Å². The minimum absolute atomic E-state index is 0.651. The van der Waals surface area contributed by atoms with Crippen molar-refractivity contribution in [3.8, 4) is 5.75 Å². The number of anilines is 3. The van der Waals surface area contributed by atoms with Gasteiger partial charge in [0.05, 0.1) is 13.2 Å². The number of aromatic amines is 1. The van der Waals surface area contributed by atoms with E-state index in [1.807, 2.05) is 6.07 Å². The molecular formula is C27H39N5O2. The Kier molecular flexibility index (Phi) is 8.29. The lowest BCUT2D eigenvalue weighted by Crippen LogP contribution is -2.38. The molecule has 7 nitrogen and oxygen atoms in total. The molecule has 0 unspecified atom stereocenters. The highest BCUT2D eigenvalue weighted by atomic mass is 16.5. The molecule has 2 N–H and O–H groups in total. The monoisotopic (exact) mass is 465 g/mol. The van der Waals surface area contributed by atoms with Gasteiger partial charge in [0.15, 0.2) is 0 Å².